The molecule has 0 saturated heterocycles. The Morgan fingerprint density at radius 1 is 1.44 bits per heavy atom. The third-order valence-corrected chi connectivity index (χ3v) is 0.741. The Morgan fingerprint density at radius 2 is 1.78 bits per heavy atom. The van der Waals surface area contributed by atoms with Gasteiger partial charge in [0.1, 0.15) is 6.04 Å². The number of rotatable bonds is 1. The van der Waals surface area contributed by atoms with Crippen LogP contribution in [-0.2, 0) is 0 Å². The molecule has 0 heterocycles. The number of alkyl halides is 3. The molecule has 58 valence electrons. The van der Waals surface area contributed by atoms with E-state index in [-0.39, 0.29) is 12.4 Å². The van der Waals surface area contributed by atoms with Gasteiger partial charge in [-0.3, -0.25) is 5.84 Å². The van der Waals surface area contributed by atoms with Gasteiger partial charge in [-0.25, -0.2) is 5.43 Å². The van der Waals surface area contributed by atoms with E-state index in [9.17, 15) is 13.2 Å². The van der Waals surface area contributed by atoms with Gasteiger partial charge in [0.05, 0.1) is 0 Å². The molecule has 0 aliphatic rings. The highest BCUT2D eigenvalue weighted by Crippen LogP contribution is 2.18. The predicted octanol–water partition coefficient (Wildman–Crippen LogP) is 0.822. The summed E-state index contributed by atoms with van der Waals surface area (Å²) in [7, 11) is 0. The summed E-state index contributed by atoms with van der Waals surface area (Å²) in [5, 5.41) is 0. The van der Waals surface area contributed by atoms with Crippen LogP contribution in [0.5, 0.6) is 0 Å². The maximum absolute atomic E-state index is 11.3. The second kappa shape index (κ2) is 3.92. The first-order valence-corrected chi connectivity index (χ1v) is 2.01. The third kappa shape index (κ3) is 4.50. The van der Waals surface area contributed by atoms with Crippen LogP contribution in [-0.4, -0.2) is 12.2 Å². The summed E-state index contributed by atoms with van der Waals surface area (Å²) >= 11 is 0. The lowest BCUT2D eigenvalue weighted by Crippen LogP contribution is -2.43. The normalized spacial score (nSPS) is 14.3. The molecule has 0 fully saturated rings. The molecule has 0 radical (unpaired) electrons. The maximum atomic E-state index is 11.3. The lowest BCUT2D eigenvalue weighted by atomic mass is 10.4. The van der Waals surface area contributed by atoms with Gasteiger partial charge in [0.15, 0.2) is 0 Å². The molecule has 0 saturated carbocycles. The average molecular weight is 165 g/mol. The average Bonchev–Trinajstić information content (AvgIpc) is 1.62. The van der Waals surface area contributed by atoms with Crippen LogP contribution >= 0.6 is 12.4 Å². The summed E-state index contributed by atoms with van der Waals surface area (Å²) in [6, 6.07) is -1.62. The monoisotopic (exact) mass is 164 g/mol. The van der Waals surface area contributed by atoms with Crippen LogP contribution in [0.4, 0.5) is 13.2 Å². The standard InChI is InChI=1S/C3H7F3N2.ClH/c1-2(8-7)3(4,5)6;/h2,8H,7H2,1H3;1H. The van der Waals surface area contributed by atoms with Crippen LogP contribution < -0.4 is 11.3 Å². The van der Waals surface area contributed by atoms with Gasteiger partial charge in [-0.15, -0.1) is 12.4 Å². The Bertz CT molecular complexity index is 73.9. The second-order valence-electron chi connectivity index (χ2n) is 1.43. The Balaban J connectivity index is 0. The van der Waals surface area contributed by atoms with E-state index < -0.39 is 12.2 Å². The first-order chi connectivity index (χ1) is 3.48. The van der Waals surface area contributed by atoms with E-state index in [4.69, 9.17) is 0 Å². The lowest BCUT2D eigenvalue weighted by molar-refractivity contribution is -0.151. The molecule has 0 aliphatic heterocycles. The molecule has 1 unspecified atom stereocenters. The van der Waals surface area contributed by atoms with Crippen molar-refractivity contribution in [3.05, 3.63) is 0 Å². The van der Waals surface area contributed by atoms with E-state index in [0.29, 0.717) is 0 Å². The van der Waals surface area contributed by atoms with Crippen molar-refractivity contribution in [3.8, 4) is 0 Å². The number of hydrazine groups is 1. The highest BCUT2D eigenvalue weighted by atomic mass is 35.5. The Morgan fingerprint density at radius 3 is 1.78 bits per heavy atom. The highest BCUT2D eigenvalue weighted by molar-refractivity contribution is 5.85. The minimum atomic E-state index is -4.23. The Kier molecular flexibility index (Phi) is 5.12. The highest BCUT2D eigenvalue weighted by Gasteiger charge is 2.34. The molecule has 2 nitrogen and oxygen atoms in total. The van der Waals surface area contributed by atoms with E-state index >= 15 is 0 Å². The van der Waals surface area contributed by atoms with Crippen LogP contribution in [0.2, 0.25) is 0 Å². The number of halogens is 4. The van der Waals surface area contributed by atoms with Gasteiger partial charge in [0.25, 0.3) is 0 Å². The van der Waals surface area contributed by atoms with Gasteiger partial charge in [-0.05, 0) is 6.92 Å². The molecule has 0 aromatic carbocycles. The molecule has 0 rings (SSSR count). The van der Waals surface area contributed by atoms with Gasteiger partial charge in [-0.1, -0.05) is 0 Å². The summed E-state index contributed by atoms with van der Waals surface area (Å²) < 4.78 is 33.9. The van der Waals surface area contributed by atoms with Gasteiger partial charge >= 0.3 is 6.18 Å². The van der Waals surface area contributed by atoms with E-state index in [0.717, 1.165) is 6.92 Å². The maximum Gasteiger partial charge on any atom is 0.404 e. The molecule has 0 bridgehead atoms. The van der Waals surface area contributed by atoms with Crippen molar-refractivity contribution in [2.45, 2.75) is 19.1 Å². The van der Waals surface area contributed by atoms with Crippen LogP contribution in [0.1, 0.15) is 6.92 Å². The zero-order chi connectivity index (χ0) is 6.78. The van der Waals surface area contributed by atoms with E-state index in [1.54, 1.807) is 5.43 Å². The van der Waals surface area contributed by atoms with Crippen molar-refractivity contribution in [2.24, 2.45) is 5.84 Å². The smallest absolute Gasteiger partial charge is 0.271 e. The molecule has 0 aliphatic carbocycles. The fraction of sp³-hybridized carbons (Fsp3) is 1.00. The van der Waals surface area contributed by atoms with Gasteiger partial charge in [0, 0.05) is 0 Å². The number of nitrogens with one attached hydrogen (secondary N) is 1. The SMILES string of the molecule is CC(NN)C(F)(F)F.Cl. The largest absolute Gasteiger partial charge is 0.404 e. The second-order valence-corrected chi connectivity index (χ2v) is 1.43. The van der Waals surface area contributed by atoms with Crippen LogP contribution in [0.25, 0.3) is 0 Å². The number of hydrogen-bond acceptors (Lipinski definition) is 2. The number of hydrogen-bond donors (Lipinski definition) is 2. The van der Waals surface area contributed by atoms with Crippen molar-refractivity contribution in [1.82, 2.24) is 5.43 Å². The summed E-state index contributed by atoms with van der Waals surface area (Å²) in [6.45, 7) is 0.944. The van der Waals surface area contributed by atoms with Gasteiger partial charge in [0.2, 0.25) is 0 Å². The molecule has 0 amide bonds. The molecule has 0 aromatic heterocycles. The zero-order valence-corrected chi connectivity index (χ0v) is 5.51. The minimum absolute atomic E-state index is 0. The van der Waals surface area contributed by atoms with Gasteiger partial charge in [-0.2, -0.15) is 13.2 Å². The first-order valence-electron chi connectivity index (χ1n) is 2.01. The molecule has 9 heavy (non-hydrogen) atoms. The Labute approximate surface area is 57.0 Å². The van der Waals surface area contributed by atoms with Crippen LogP contribution in [0.15, 0.2) is 0 Å². The zero-order valence-electron chi connectivity index (χ0n) is 4.70. The molecule has 3 N–H and O–H groups in total. The molecular weight excluding hydrogens is 156 g/mol. The Hall–Kier alpha value is -0.0000000000000000555. The summed E-state index contributed by atoms with van der Waals surface area (Å²) in [5.74, 6) is 4.49. The fourth-order valence-electron chi connectivity index (χ4n) is 0.0945. The topological polar surface area (TPSA) is 38.0 Å². The van der Waals surface area contributed by atoms with E-state index in [2.05, 4.69) is 5.84 Å². The molecule has 0 aromatic rings. The predicted molar refractivity (Wildman–Crippen MR) is 30.1 cm³/mol. The van der Waals surface area contributed by atoms with E-state index in [1.165, 1.54) is 0 Å². The van der Waals surface area contributed by atoms with Crippen LogP contribution in [0, 0.1) is 0 Å². The van der Waals surface area contributed by atoms with Crippen molar-refractivity contribution in [2.75, 3.05) is 0 Å². The molecular formula is C3H8ClF3N2. The quantitative estimate of drug-likeness (QED) is 0.445. The number of nitrogens with two attached hydrogens (primary N) is 1. The fourth-order valence-corrected chi connectivity index (χ4v) is 0.0945. The molecule has 1 atom stereocenters. The van der Waals surface area contributed by atoms with Crippen molar-refractivity contribution < 1.29 is 13.2 Å². The van der Waals surface area contributed by atoms with Crippen molar-refractivity contribution in [3.63, 3.8) is 0 Å². The van der Waals surface area contributed by atoms with Crippen molar-refractivity contribution >= 4 is 12.4 Å². The van der Waals surface area contributed by atoms with Crippen LogP contribution in [0.3, 0.4) is 0 Å². The minimum Gasteiger partial charge on any atom is -0.271 e. The molecule has 0 spiro atoms. The third-order valence-electron chi connectivity index (χ3n) is 0.741. The summed E-state index contributed by atoms with van der Waals surface area (Å²) in [5.41, 5.74) is 1.58. The first kappa shape index (κ1) is 11.8. The lowest BCUT2D eigenvalue weighted by Gasteiger charge is -2.12. The summed E-state index contributed by atoms with van der Waals surface area (Å²) in [6.07, 6.45) is -4.23. The molecule has 6 heteroatoms. The van der Waals surface area contributed by atoms with Crippen molar-refractivity contribution in [1.29, 1.82) is 0 Å². The van der Waals surface area contributed by atoms with Gasteiger partial charge < -0.3 is 0 Å². The van der Waals surface area contributed by atoms with E-state index in [1.807, 2.05) is 0 Å². The summed E-state index contributed by atoms with van der Waals surface area (Å²) in [4.78, 5) is 0.